The lowest BCUT2D eigenvalue weighted by Gasteiger charge is -2.04. The number of carbonyl (C=O) groups excluding carboxylic acids is 1. The fraction of sp³-hybridized carbons (Fsp3) is 0.364. The molecule has 1 aliphatic rings. The van der Waals surface area contributed by atoms with Crippen molar-refractivity contribution in [3.8, 4) is 0 Å². The maximum atomic E-state index is 10.2. The summed E-state index contributed by atoms with van der Waals surface area (Å²) in [7, 11) is 0. The van der Waals surface area contributed by atoms with Crippen LogP contribution in [-0.4, -0.2) is 6.29 Å². The zero-order chi connectivity index (χ0) is 9.10. The molecule has 0 aliphatic carbocycles. The normalized spacial score (nSPS) is 14.2. The molecule has 0 saturated carbocycles. The molecule has 0 unspecified atom stereocenters. The van der Waals surface area contributed by atoms with E-state index >= 15 is 0 Å². The Labute approximate surface area is 77.5 Å². The van der Waals surface area contributed by atoms with E-state index in [1.165, 1.54) is 16.7 Å². The van der Waals surface area contributed by atoms with Gasteiger partial charge < -0.3 is 9.53 Å². The average molecular weight is 176 g/mol. The van der Waals surface area contributed by atoms with E-state index in [1.54, 1.807) is 0 Å². The topological polar surface area (TPSA) is 26.3 Å². The summed E-state index contributed by atoms with van der Waals surface area (Å²) in [5.74, 6) is 0. The molecule has 2 nitrogen and oxygen atoms in total. The third kappa shape index (κ3) is 1.63. The van der Waals surface area contributed by atoms with Gasteiger partial charge in [-0.2, -0.15) is 0 Å². The average Bonchev–Trinajstić information content (AvgIpc) is 2.62. The number of carbonyl (C=O) groups is 1. The van der Waals surface area contributed by atoms with Crippen molar-refractivity contribution >= 4 is 6.29 Å². The molecule has 0 radical (unpaired) electrons. The molecule has 2 heteroatoms. The second-order valence-electron chi connectivity index (χ2n) is 3.25. The molecule has 1 aromatic carbocycles. The molecule has 13 heavy (non-hydrogen) atoms. The van der Waals surface area contributed by atoms with Crippen LogP contribution in [0.25, 0.3) is 0 Å². The van der Waals surface area contributed by atoms with Crippen LogP contribution in [0.5, 0.6) is 0 Å². The molecule has 68 valence electrons. The van der Waals surface area contributed by atoms with Crippen LogP contribution >= 0.6 is 0 Å². The second-order valence-corrected chi connectivity index (χ2v) is 3.25. The number of rotatable bonds is 3. The summed E-state index contributed by atoms with van der Waals surface area (Å²) >= 11 is 0. The van der Waals surface area contributed by atoms with Crippen LogP contribution in [0.1, 0.15) is 23.1 Å². The molecule has 0 spiro atoms. The third-order valence-corrected chi connectivity index (χ3v) is 2.41. The Hall–Kier alpha value is -1.15. The van der Waals surface area contributed by atoms with Crippen molar-refractivity contribution in [2.24, 2.45) is 0 Å². The molecule has 1 heterocycles. The molecule has 0 fully saturated rings. The highest BCUT2D eigenvalue weighted by Crippen LogP contribution is 2.23. The minimum absolute atomic E-state index is 0.608. The first kappa shape index (κ1) is 8.45. The Morgan fingerprint density at radius 1 is 1.38 bits per heavy atom. The van der Waals surface area contributed by atoms with Gasteiger partial charge in [0.25, 0.3) is 0 Å². The van der Waals surface area contributed by atoms with Crippen molar-refractivity contribution in [2.45, 2.75) is 26.1 Å². The molecule has 0 saturated heterocycles. The summed E-state index contributed by atoms with van der Waals surface area (Å²) in [6, 6.07) is 6.21. The molecule has 0 aromatic heterocycles. The van der Waals surface area contributed by atoms with Crippen LogP contribution in [0.2, 0.25) is 0 Å². The summed E-state index contributed by atoms with van der Waals surface area (Å²) in [4.78, 5) is 10.2. The Morgan fingerprint density at radius 3 is 3.15 bits per heavy atom. The van der Waals surface area contributed by atoms with Gasteiger partial charge in [-0.1, -0.05) is 18.2 Å². The van der Waals surface area contributed by atoms with Crippen molar-refractivity contribution in [2.75, 3.05) is 0 Å². The highest BCUT2D eigenvalue weighted by atomic mass is 16.5. The predicted molar refractivity (Wildman–Crippen MR) is 49.3 cm³/mol. The Morgan fingerprint density at radius 2 is 2.31 bits per heavy atom. The molecule has 0 bridgehead atoms. The van der Waals surface area contributed by atoms with E-state index in [1.807, 2.05) is 6.07 Å². The van der Waals surface area contributed by atoms with E-state index in [-0.39, 0.29) is 0 Å². The lowest BCUT2D eigenvalue weighted by atomic mass is 10.0. The maximum Gasteiger partial charge on any atom is 0.120 e. The number of benzene rings is 1. The van der Waals surface area contributed by atoms with Crippen LogP contribution < -0.4 is 0 Å². The zero-order valence-corrected chi connectivity index (χ0v) is 7.45. The van der Waals surface area contributed by atoms with Gasteiger partial charge >= 0.3 is 0 Å². The molecule has 1 aliphatic heterocycles. The van der Waals surface area contributed by atoms with Crippen LogP contribution in [0.4, 0.5) is 0 Å². The standard InChI is InChI=1S/C11H12O2/c12-6-2-5-9-3-1-4-10-7-13-8-11(9)10/h1,3-4,6H,2,5,7-8H2. The van der Waals surface area contributed by atoms with Crippen LogP contribution in [-0.2, 0) is 29.2 Å². The summed E-state index contributed by atoms with van der Waals surface area (Å²) in [5, 5.41) is 0. The van der Waals surface area contributed by atoms with Gasteiger partial charge in [0.05, 0.1) is 13.2 Å². The summed E-state index contributed by atoms with van der Waals surface area (Å²) < 4.78 is 5.35. The molecular formula is C11H12O2. The quantitative estimate of drug-likeness (QED) is 0.657. The minimum atomic E-state index is 0.608. The fourth-order valence-electron chi connectivity index (χ4n) is 1.72. The summed E-state index contributed by atoms with van der Waals surface area (Å²) in [6.07, 6.45) is 2.42. The van der Waals surface area contributed by atoms with Gasteiger partial charge in [-0.25, -0.2) is 0 Å². The second kappa shape index (κ2) is 3.71. The third-order valence-electron chi connectivity index (χ3n) is 2.41. The van der Waals surface area contributed by atoms with E-state index in [2.05, 4.69) is 12.1 Å². The first-order chi connectivity index (χ1) is 6.42. The minimum Gasteiger partial charge on any atom is -0.372 e. The van der Waals surface area contributed by atoms with Gasteiger partial charge in [-0.15, -0.1) is 0 Å². The number of fused-ring (bicyclic) bond motifs is 1. The van der Waals surface area contributed by atoms with Crippen LogP contribution in [0.3, 0.4) is 0 Å². The number of aldehydes is 1. The smallest absolute Gasteiger partial charge is 0.120 e. The molecule has 1 aromatic rings. The SMILES string of the molecule is O=CCCc1cccc2c1COC2. The van der Waals surface area contributed by atoms with Crippen molar-refractivity contribution < 1.29 is 9.53 Å². The van der Waals surface area contributed by atoms with E-state index in [9.17, 15) is 4.79 Å². The van der Waals surface area contributed by atoms with Gasteiger partial charge in [0, 0.05) is 6.42 Å². The molecular weight excluding hydrogens is 164 g/mol. The molecule has 0 amide bonds. The lowest BCUT2D eigenvalue weighted by Crippen LogP contribution is -1.93. The van der Waals surface area contributed by atoms with Gasteiger partial charge in [0.2, 0.25) is 0 Å². The first-order valence-corrected chi connectivity index (χ1v) is 4.53. The Kier molecular flexibility index (Phi) is 2.41. The summed E-state index contributed by atoms with van der Waals surface area (Å²) in [6.45, 7) is 1.44. The van der Waals surface area contributed by atoms with Gasteiger partial charge in [-0.3, -0.25) is 0 Å². The number of hydrogen-bond acceptors (Lipinski definition) is 2. The Bertz CT molecular complexity index is 318. The van der Waals surface area contributed by atoms with Crippen LogP contribution in [0.15, 0.2) is 18.2 Å². The number of hydrogen-bond donors (Lipinski definition) is 0. The molecule has 0 atom stereocenters. The zero-order valence-electron chi connectivity index (χ0n) is 7.45. The highest BCUT2D eigenvalue weighted by molar-refractivity contribution is 5.50. The van der Waals surface area contributed by atoms with E-state index in [0.29, 0.717) is 13.0 Å². The van der Waals surface area contributed by atoms with Gasteiger partial charge in [0.1, 0.15) is 6.29 Å². The van der Waals surface area contributed by atoms with Gasteiger partial charge in [-0.05, 0) is 23.1 Å². The summed E-state index contributed by atoms with van der Waals surface area (Å²) in [5.41, 5.74) is 3.84. The van der Waals surface area contributed by atoms with Gasteiger partial charge in [0.15, 0.2) is 0 Å². The van der Waals surface area contributed by atoms with E-state index in [4.69, 9.17) is 4.74 Å². The first-order valence-electron chi connectivity index (χ1n) is 4.53. The van der Waals surface area contributed by atoms with Crippen molar-refractivity contribution in [1.29, 1.82) is 0 Å². The number of aryl methyl sites for hydroxylation is 1. The Balaban J connectivity index is 2.25. The van der Waals surface area contributed by atoms with Crippen molar-refractivity contribution in [3.63, 3.8) is 0 Å². The molecule has 0 N–H and O–H groups in total. The van der Waals surface area contributed by atoms with Crippen molar-refractivity contribution in [3.05, 3.63) is 34.9 Å². The fourth-order valence-corrected chi connectivity index (χ4v) is 1.72. The van der Waals surface area contributed by atoms with Crippen LogP contribution in [0, 0.1) is 0 Å². The van der Waals surface area contributed by atoms with E-state index in [0.717, 1.165) is 19.3 Å². The molecule has 2 rings (SSSR count). The maximum absolute atomic E-state index is 10.2. The lowest BCUT2D eigenvalue weighted by molar-refractivity contribution is -0.107. The highest BCUT2D eigenvalue weighted by Gasteiger charge is 2.13. The van der Waals surface area contributed by atoms with Crippen molar-refractivity contribution in [1.82, 2.24) is 0 Å². The number of ether oxygens (including phenoxy) is 1. The monoisotopic (exact) mass is 176 g/mol. The van der Waals surface area contributed by atoms with E-state index < -0.39 is 0 Å². The predicted octanol–water partition coefficient (Wildman–Crippen LogP) is 1.85. The largest absolute Gasteiger partial charge is 0.372 e.